The third-order valence-electron chi connectivity index (χ3n) is 6.61. The molecule has 8 heteroatoms. The number of nitrogens with one attached hydrogen (secondary N) is 2. The number of ether oxygens (including phenoxy) is 1. The van der Waals surface area contributed by atoms with Gasteiger partial charge in [0.25, 0.3) is 5.91 Å². The number of amides is 3. The van der Waals surface area contributed by atoms with Crippen molar-refractivity contribution in [1.82, 2.24) is 10.2 Å². The van der Waals surface area contributed by atoms with Crippen LogP contribution in [0.25, 0.3) is 10.8 Å². The third kappa shape index (κ3) is 7.28. The fourth-order valence-electron chi connectivity index (χ4n) is 4.29. The molecule has 0 heterocycles. The molecule has 0 radical (unpaired) electrons. The zero-order valence-electron chi connectivity index (χ0n) is 23.7. The second-order valence-corrected chi connectivity index (χ2v) is 11.3. The molecule has 0 bridgehead atoms. The first-order valence-electron chi connectivity index (χ1n) is 13.1. The molecule has 39 heavy (non-hydrogen) atoms. The van der Waals surface area contributed by atoms with Crippen molar-refractivity contribution in [3.63, 3.8) is 0 Å². The van der Waals surface area contributed by atoms with Gasteiger partial charge in [-0.1, -0.05) is 55.5 Å². The summed E-state index contributed by atoms with van der Waals surface area (Å²) >= 11 is 0. The summed E-state index contributed by atoms with van der Waals surface area (Å²) in [7, 11) is 0. The molecule has 2 unspecified atom stereocenters. The lowest BCUT2D eigenvalue weighted by Crippen LogP contribution is -2.58. The van der Waals surface area contributed by atoms with Crippen LogP contribution in [-0.4, -0.2) is 45.1 Å². The Morgan fingerprint density at radius 2 is 1.54 bits per heavy atom. The van der Waals surface area contributed by atoms with Crippen molar-refractivity contribution in [1.29, 1.82) is 0 Å². The molecule has 2 atom stereocenters. The van der Waals surface area contributed by atoms with Crippen LogP contribution in [0.5, 0.6) is 5.75 Å². The van der Waals surface area contributed by atoms with Gasteiger partial charge in [0, 0.05) is 16.8 Å². The highest BCUT2D eigenvalue weighted by Gasteiger charge is 2.43. The number of alkyl carbamates (subject to hydrolysis) is 1. The minimum atomic E-state index is -1.19. The molecular weight excluding hydrogens is 494 g/mol. The zero-order valence-corrected chi connectivity index (χ0v) is 23.7. The summed E-state index contributed by atoms with van der Waals surface area (Å²) in [6.45, 7) is 12.4. The second kappa shape index (κ2) is 11.8. The van der Waals surface area contributed by atoms with Crippen molar-refractivity contribution in [2.45, 2.75) is 78.1 Å². The molecule has 3 amide bonds. The molecule has 0 aliphatic rings. The number of fused-ring (bicyclic) bond motifs is 1. The number of hydrogen-bond donors (Lipinski definition) is 3. The monoisotopic (exact) mass is 533 g/mol. The van der Waals surface area contributed by atoms with Gasteiger partial charge in [0.05, 0.1) is 0 Å². The maximum absolute atomic E-state index is 14.0. The van der Waals surface area contributed by atoms with Gasteiger partial charge in [-0.3, -0.25) is 9.59 Å². The molecule has 3 aromatic carbocycles. The molecule has 3 aromatic rings. The fourth-order valence-corrected chi connectivity index (χ4v) is 4.29. The van der Waals surface area contributed by atoms with Gasteiger partial charge in [0.1, 0.15) is 23.4 Å². The van der Waals surface area contributed by atoms with Crippen LogP contribution in [0, 0.1) is 0 Å². The minimum Gasteiger partial charge on any atom is -0.508 e. The number of rotatable bonds is 8. The number of benzene rings is 3. The third-order valence-corrected chi connectivity index (χ3v) is 6.61. The highest BCUT2D eigenvalue weighted by molar-refractivity contribution is 6.01. The highest BCUT2D eigenvalue weighted by atomic mass is 16.6. The Bertz CT molecular complexity index is 1350. The van der Waals surface area contributed by atoms with Gasteiger partial charge in [-0.05, 0) is 76.9 Å². The van der Waals surface area contributed by atoms with Gasteiger partial charge in [-0.2, -0.15) is 0 Å². The summed E-state index contributed by atoms with van der Waals surface area (Å²) in [6.07, 6.45) is -0.233. The van der Waals surface area contributed by atoms with Crippen molar-refractivity contribution in [2.24, 2.45) is 0 Å². The van der Waals surface area contributed by atoms with E-state index in [4.69, 9.17) is 4.74 Å². The summed E-state index contributed by atoms with van der Waals surface area (Å²) in [5, 5.41) is 18.3. The quantitative estimate of drug-likeness (QED) is 0.322. The van der Waals surface area contributed by atoms with Gasteiger partial charge in [-0.15, -0.1) is 0 Å². The van der Waals surface area contributed by atoms with E-state index in [0.717, 1.165) is 10.8 Å². The number of carbonyl (C=O) groups excluding carboxylic acids is 3. The Balaban J connectivity index is 2.04. The number of nitrogens with zero attached hydrogens (tertiary/aromatic N) is 1. The molecule has 208 valence electrons. The van der Waals surface area contributed by atoms with Crippen LogP contribution in [0.3, 0.4) is 0 Å². The topological polar surface area (TPSA) is 108 Å². The lowest BCUT2D eigenvalue weighted by Gasteiger charge is -2.44. The second-order valence-electron chi connectivity index (χ2n) is 11.3. The van der Waals surface area contributed by atoms with Crippen LogP contribution < -0.4 is 10.6 Å². The summed E-state index contributed by atoms with van der Waals surface area (Å²) < 4.78 is 5.34. The van der Waals surface area contributed by atoms with Crippen LogP contribution >= 0.6 is 0 Å². The van der Waals surface area contributed by atoms with Crippen LogP contribution in [0.1, 0.15) is 66.5 Å². The van der Waals surface area contributed by atoms with E-state index in [1.165, 1.54) is 11.0 Å². The first kappa shape index (κ1) is 29.5. The van der Waals surface area contributed by atoms with E-state index in [9.17, 15) is 19.5 Å². The number of hydrogen-bond acceptors (Lipinski definition) is 5. The lowest BCUT2D eigenvalue weighted by atomic mass is 9.91. The largest absolute Gasteiger partial charge is 0.508 e. The normalized spacial score (nSPS) is 13.3. The molecule has 3 N–H and O–H groups in total. The van der Waals surface area contributed by atoms with Crippen molar-refractivity contribution in [3.8, 4) is 5.75 Å². The number of aromatic hydroxyl groups is 1. The molecule has 0 saturated carbocycles. The van der Waals surface area contributed by atoms with E-state index < -0.39 is 41.1 Å². The first-order chi connectivity index (χ1) is 18.2. The molecular formula is C31H39N3O5. The molecule has 0 aromatic heterocycles. The van der Waals surface area contributed by atoms with E-state index in [0.29, 0.717) is 12.1 Å². The van der Waals surface area contributed by atoms with Crippen molar-refractivity contribution >= 4 is 34.4 Å². The molecule has 8 nitrogen and oxygen atoms in total. The van der Waals surface area contributed by atoms with Gasteiger partial charge in [0.2, 0.25) is 5.91 Å². The van der Waals surface area contributed by atoms with Crippen LogP contribution in [0.4, 0.5) is 10.5 Å². The van der Waals surface area contributed by atoms with Gasteiger partial charge in [-0.25, -0.2) is 4.79 Å². The summed E-state index contributed by atoms with van der Waals surface area (Å²) in [5.74, 6) is -1.10. The lowest BCUT2D eigenvalue weighted by molar-refractivity contribution is -0.147. The Labute approximate surface area is 230 Å². The van der Waals surface area contributed by atoms with E-state index in [2.05, 4.69) is 10.6 Å². The van der Waals surface area contributed by atoms with E-state index in [-0.39, 0.29) is 11.3 Å². The van der Waals surface area contributed by atoms with E-state index in [1.54, 1.807) is 52.0 Å². The van der Waals surface area contributed by atoms with Crippen LogP contribution in [-0.2, 0) is 14.3 Å². The van der Waals surface area contributed by atoms with Crippen molar-refractivity contribution < 1.29 is 24.2 Å². The average Bonchev–Trinajstić information content (AvgIpc) is 2.86. The molecule has 0 fully saturated rings. The number of anilines is 1. The first-order valence-corrected chi connectivity index (χ1v) is 13.1. The maximum atomic E-state index is 14.0. The SMILES string of the molecule is CCC(C)(C)N(C(=O)C(C)NC(=O)OC(C)(C)C)C(C(=O)Nc1ccc2ccccc2c1)c1ccccc1O. The Morgan fingerprint density at radius 3 is 2.15 bits per heavy atom. The average molecular weight is 534 g/mol. The molecule has 3 rings (SSSR count). The smallest absolute Gasteiger partial charge is 0.408 e. The summed E-state index contributed by atoms with van der Waals surface area (Å²) in [5.41, 5.74) is -0.738. The number of carbonyl (C=O) groups is 3. The summed E-state index contributed by atoms with van der Waals surface area (Å²) in [6, 6.07) is 17.6. The summed E-state index contributed by atoms with van der Waals surface area (Å²) in [4.78, 5) is 41.9. The molecule has 0 saturated heterocycles. The van der Waals surface area contributed by atoms with Crippen LogP contribution in [0.15, 0.2) is 66.7 Å². The Hall–Kier alpha value is -4.07. The van der Waals surface area contributed by atoms with E-state index in [1.807, 2.05) is 57.2 Å². The molecule has 0 spiro atoms. The van der Waals surface area contributed by atoms with Crippen LogP contribution in [0.2, 0.25) is 0 Å². The van der Waals surface area contributed by atoms with E-state index >= 15 is 0 Å². The fraction of sp³-hybridized carbons (Fsp3) is 0.387. The number of para-hydroxylation sites is 1. The minimum absolute atomic E-state index is 0.117. The van der Waals surface area contributed by atoms with Crippen molar-refractivity contribution in [2.75, 3.05) is 5.32 Å². The van der Waals surface area contributed by atoms with Crippen molar-refractivity contribution in [3.05, 3.63) is 72.3 Å². The standard InChI is InChI=1S/C31H39N3O5/c1-8-31(6,7)34(28(37)20(2)32-29(38)39-30(3,4)5)26(24-15-11-12-16-25(24)35)27(36)33-23-18-17-21-13-9-10-14-22(21)19-23/h9-20,26,35H,8H2,1-7H3,(H,32,38)(H,33,36). The number of phenols is 1. The molecule has 0 aliphatic carbocycles. The predicted molar refractivity (Wildman–Crippen MR) is 153 cm³/mol. The Kier molecular flexibility index (Phi) is 8.89. The van der Waals surface area contributed by atoms with Gasteiger partial charge >= 0.3 is 6.09 Å². The van der Waals surface area contributed by atoms with Gasteiger partial charge in [0.15, 0.2) is 0 Å². The Morgan fingerprint density at radius 1 is 0.923 bits per heavy atom. The van der Waals surface area contributed by atoms with Gasteiger partial charge < -0.3 is 25.4 Å². The maximum Gasteiger partial charge on any atom is 0.408 e. The predicted octanol–water partition coefficient (Wildman–Crippen LogP) is 6.16. The number of phenolic OH excluding ortho intramolecular Hbond substituents is 1. The highest BCUT2D eigenvalue weighted by Crippen LogP contribution is 2.36. The molecule has 0 aliphatic heterocycles. The zero-order chi connectivity index (χ0) is 29.0.